The summed E-state index contributed by atoms with van der Waals surface area (Å²) in [7, 11) is -2.57. The van der Waals surface area contributed by atoms with Crippen molar-refractivity contribution in [3.8, 4) is 0 Å². The lowest BCUT2D eigenvalue weighted by molar-refractivity contribution is 0.588. The molecule has 2 rings (SSSR count). The lowest BCUT2D eigenvalue weighted by Crippen LogP contribution is -2.17. The van der Waals surface area contributed by atoms with Gasteiger partial charge in [0.05, 0.1) is 0 Å². The zero-order chi connectivity index (χ0) is 15.7. The molecule has 22 heavy (non-hydrogen) atoms. The smallest absolute Gasteiger partial charge is 0.146 e. The Hall–Kier alpha value is -1.59. The second-order valence-electron chi connectivity index (χ2n) is 5.56. The molecule has 0 saturated carbocycles. The number of hydrogen-bond acceptors (Lipinski definition) is 1. The average molecular weight is 312 g/mol. The molecular formula is C20H25OP. The molecule has 0 N–H and O–H groups in total. The van der Waals surface area contributed by atoms with E-state index in [0.717, 1.165) is 17.0 Å². The lowest BCUT2D eigenvalue weighted by Gasteiger charge is -2.17. The minimum absolute atomic E-state index is 0.604. The van der Waals surface area contributed by atoms with E-state index in [2.05, 4.69) is 19.1 Å². The van der Waals surface area contributed by atoms with Crippen LogP contribution in [0.15, 0.2) is 72.8 Å². The number of benzene rings is 2. The number of allylic oxidation sites excluding steroid dienone is 2. The van der Waals surface area contributed by atoms with E-state index in [0.29, 0.717) is 6.16 Å². The molecule has 0 aliphatic rings. The van der Waals surface area contributed by atoms with Crippen molar-refractivity contribution in [2.24, 2.45) is 0 Å². The van der Waals surface area contributed by atoms with Crippen molar-refractivity contribution in [2.45, 2.75) is 32.6 Å². The standard InChI is InChI=1S/C20H25OP/c1-2-3-4-5-6-13-18-22(21,19-14-9-7-10-15-19)20-16-11-8-12-17-20/h6-17H,2-5,18H2,1H3/b13-6+. The van der Waals surface area contributed by atoms with Gasteiger partial charge >= 0.3 is 0 Å². The van der Waals surface area contributed by atoms with Gasteiger partial charge in [-0.25, -0.2) is 0 Å². The molecule has 0 aliphatic heterocycles. The molecule has 0 heterocycles. The van der Waals surface area contributed by atoms with E-state index in [1.165, 1.54) is 19.3 Å². The molecule has 0 bridgehead atoms. The maximum absolute atomic E-state index is 13.7. The Bertz CT molecular complexity index is 573. The van der Waals surface area contributed by atoms with Crippen LogP contribution in [-0.2, 0) is 4.57 Å². The van der Waals surface area contributed by atoms with Crippen LogP contribution in [0.3, 0.4) is 0 Å². The van der Waals surface area contributed by atoms with E-state index >= 15 is 0 Å². The third kappa shape index (κ3) is 4.45. The van der Waals surface area contributed by atoms with Crippen molar-refractivity contribution in [1.82, 2.24) is 0 Å². The molecule has 0 unspecified atom stereocenters. The minimum atomic E-state index is -2.57. The fourth-order valence-electron chi connectivity index (χ4n) is 2.55. The number of unbranched alkanes of at least 4 members (excludes halogenated alkanes) is 3. The summed E-state index contributed by atoms with van der Waals surface area (Å²) < 4.78 is 13.7. The summed E-state index contributed by atoms with van der Waals surface area (Å²) in [5.74, 6) is 0. The summed E-state index contributed by atoms with van der Waals surface area (Å²) >= 11 is 0. The number of hydrogen-bond donors (Lipinski definition) is 0. The summed E-state index contributed by atoms with van der Waals surface area (Å²) in [4.78, 5) is 0. The molecule has 1 nitrogen and oxygen atoms in total. The summed E-state index contributed by atoms with van der Waals surface area (Å²) in [6, 6.07) is 19.8. The van der Waals surface area contributed by atoms with Gasteiger partial charge in [-0.3, -0.25) is 0 Å². The number of rotatable bonds is 8. The van der Waals surface area contributed by atoms with Crippen molar-refractivity contribution in [3.05, 3.63) is 72.8 Å². The largest absolute Gasteiger partial charge is 0.313 e. The molecular weight excluding hydrogens is 287 g/mol. The van der Waals surface area contributed by atoms with Gasteiger partial charge in [-0.15, -0.1) is 0 Å². The Kier molecular flexibility index (Phi) is 6.68. The van der Waals surface area contributed by atoms with Gasteiger partial charge in [0.25, 0.3) is 0 Å². The Balaban J connectivity index is 2.19. The second-order valence-corrected chi connectivity index (χ2v) is 8.44. The fourth-order valence-corrected chi connectivity index (χ4v) is 5.02. The predicted molar refractivity (Wildman–Crippen MR) is 97.9 cm³/mol. The molecule has 2 heteroatoms. The summed E-state index contributed by atoms with van der Waals surface area (Å²) in [5, 5.41) is 1.89. The van der Waals surface area contributed by atoms with Gasteiger partial charge in [0.15, 0.2) is 0 Å². The maximum atomic E-state index is 13.7. The third-order valence-electron chi connectivity index (χ3n) is 3.85. The van der Waals surface area contributed by atoms with E-state index in [1.807, 2.05) is 60.7 Å². The molecule has 0 spiro atoms. The van der Waals surface area contributed by atoms with Crippen LogP contribution in [0.2, 0.25) is 0 Å². The van der Waals surface area contributed by atoms with Crippen LogP contribution in [0.1, 0.15) is 32.6 Å². The molecule has 116 valence electrons. The van der Waals surface area contributed by atoms with Gasteiger partial charge in [-0.2, -0.15) is 0 Å². The molecule has 0 aliphatic carbocycles. The molecule has 0 aromatic heterocycles. The van der Waals surface area contributed by atoms with Crippen molar-refractivity contribution >= 4 is 17.8 Å². The first kappa shape index (κ1) is 16.8. The van der Waals surface area contributed by atoms with Crippen molar-refractivity contribution in [3.63, 3.8) is 0 Å². The highest BCUT2D eigenvalue weighted by atomic mass is 31.2. The highest BCUT2D eigenvalue weighted by Gasteiger charge is 2.25. The third-order valence-corrected chi connectivity index (χ3v) is 6.84. The Morgan fingerprint density at radius 2 is 1.36 bits per heavy atom. The molecule has 0 amide bonds. The van der Waals surface area contributed by atoms with Gasteiger partial charge < -0.3 is 4.57 Å². The molecule has 2 aromatic rings. The molecule has 2 aromatic carbocycles. The van der Waals surface area contributed by atoms with E-state index in [9.17, 15) is 4.57 Å². The predicted octanol–water partition coefficient (Wildman–Crippen LogP) is 5.14. The lowest BCUT2D eigenvalue weighted by atomic mass is 10.2. The van der Waals surface area contributed by atoms with E-state index in [-0.39, 0.29) is 0 Å². The van der Waals surface area contributed by atoms with Gasteiger partial charge in [-0.05, 0) is 12.8 Å². The summed E-state index contributed by atoms with van der Waals surface area (Å²) in [5.41, 5.74) is 0. The highest BCUT2D eigenvalue weighted by molar-refractivity contribution is 7.78. The Morgan fingerprint density at radius 3 is 1.86 bits per heavy atom. The van der Waals surface area contributed by atoms with E-state index in [4.69, 9.17) is 0 Å². The molecule has 0 atom stereocenters. The van der Waals surface area contributed by atoms with Crippen LogP contribution < -0.4 is 10.6 Å². The molecule has 0 fully saturated rings. The monoisotopic (exact) mass is 312 g/mol. The fraction of sp³-hybridized carbons (Fsp3) is 0.300. The zero-order valence-electron chi connectivity index (χ0n) is 13.3. The van der Waals surface area contributed by atoms with Crippen LogP contribution in [0, 0.1) is 0 Å². The Labute approximate surface area is 134 Å². The van der Waals surface area contributed by atoms with Crippen molar-refractivity contribution in [1.29, 1.82) is 0 Å². The normalized spacial score (nSPS) is 11.9. The quantitative estimate of drug-likeness (QED) is 0.375. The SMILES string of the molecule is CCCCC/C=C/CP(=O)(c1ccccc1)c1ccccc1. The first-order valence-corrected chi connectivity index (χ1v) is 10.0. The maximum Gasteiger partial charge on any atom is 0.146 e. The summed E-state index contributed by atoms with van der Waals surface area (Å²) in [6.07, 6.45) is 9.70. The van der Waals surface area contributed by atoms with Crippen LogP contribution in [0.5, 0.6) is 0 Å². The van der Waals surface area contributed by atoms with Crippen LogP contribution in [0.4, 0.5) is 0 Å². The van der Waals surface area contributed by atoms with Gasteiger partial charge in [-0.1, -0.05) is 92.6 Å². The van der Waals surface area contributed by atoms with Crippen LogP contribution in [0.25, 0.3) is 0 Å². The van der Waals surface area contributed by atoms with Gasteiger partial charge in [0.1, 0.15) is 7.14 Å². The van der Waals surface area contributed by atoms with Crippen LogP contribution >= 0.6 is 7.14 Å². The van der Waals surface area contributed by atoms with Gasteiger partial charge in [0.2, 0.25) is 0 Å². The first-order valence-electron chi connectivity index (χ1n) is 8.12. The van der Waals surface area contributed by atoms with Crippen molar-refractivity contribution in [2.75, 3.05) is 6.16 Å². The minimum Gasteiger partial charge on any atom is -0.313 e. The zero-order valence-corrected chi connectivity index (χ0v) is 14.2. The second kappa shape index (κ2) is 8.76. The molecule has 0 radical (unpaired) electrons. The Morgan fingerprint density at radius 1 is 0.818 bits per heavy atom. The molecule has 0 saturated heterocycles. The summed E-state index contributed by atoms with van der Waals surface area (Å²) in [6.45, 7) is 2.21. The van der Waals surface area contributed by atoms with E-state index in [1.54, 1.807) is 0 Å². The highest BCUT2D eigenvalue weighted by Crippen LogP contribution is 2.43. The first-order chi connectivity index (χ1) is 10.8. The van der Waals surface area contributed by atoms with Gasteiger partial charge in [0, 0.05) is 16.8 Å². The van der Waals surface area contributed by atoms with Crippen LogP contribution in [-0.4, -0.2) is 6.16 Å². The topological polar surface area (TPSA) is 17.1 Å². The van der Waals surface area contributed by atoms with Crippen molar-refractivity contribution < 1.29 is 4.57 Å². The van der Waals surface area contributed by atoms with E-state index < -0.39 is 7.14 Å². The average Bonchev–Trinajstić information content (AvgIpc) is 2.59.